The number of aliphatic hydroxyl groups is 2. The Morgan fingerprint density at radius 2 is 1.98 bits per heavy atom. The third-order valence-electron chi connectivity index (χ3n) is 6.56. The fraction of sp³-hybridized carbons (Fsp3) is 0.417. The zero-order valence-corrected chi connectivity index (χ0v) is 22.7. The first kappa shape index (κ1) is 29.1. The topological polar surface area (TPSA) is 219 Å². The van der Waals surface area contributed by atoms with Crippen LogP contribution >= 0.6 is 11.6 Å². The van der Waals surface area contributed by atoms with Gasteiger partial charge in [0.15, 0.2) is 11.9 Å². The van der Waals surface area contributed by atoms with Crippen LogP contribution in [-0.2, 0) is 25.5 Å². The van der Waals surface area contributed by atoms with Gasteiger partial charge in [0.2, 0.25) is 0 Å². The molecule has 0 radical (unpaired) electrons. The highest BCUT2D eigenvalue weighted by molar-refractivity contribution is 6.33. The summed E-state index contributed by atoms with van der Waals surface area (Å²) in [7, 11) is 0. The first-order chi connectivity index (χ1) is 20.1. The van der Waals surface area contributed by atoms with Crippen LogP contribution in [0.25, 0.3) is 11.0 Å². The quantitative estimate of drug-likeness (QED) is 0.149. The SMILES string of the molecule is CC(COC(=O)c1cn(CCC(=O)OCC2OC(n3ccc(=O)[nH]c3=O)C(O)C2O)nn1)n1ccc2c(Cl)ncnc21. The van der Waals surface area contributed by atoms with Crippen LogP contribution in [0.2, 0.25) is 5.15 Å². The largest absolute Gasteiger partial charge is 0.463 e. The van der Waals surface area contributed by atoms with E-state index in [4.69, 9.17) is 25.8 Å². The summed E-state index contributed by atoms with van der Waals surface area (Å²) in [6, 6.07) is 2.57. The number of aliphatic hydroxyl groups excluding tert-OH is 2. The maximum Gasteiger partial charge on any atom is 0.360 e. The zero-order chi connectivity index (χ0) is 30.0. The van der Waals surface area contributed by atoms with Crippen LogP contribution in [0.3, 0.4) is 0 Å². The Balaban J connectivity index is 1.07. The van der Waals surface area contributed by atoms with Crippen LogP contribution in [-0.4, -0.2) is 92.8 Å². The predicted octanol–water partition coefficient (Wildman–Crippen LogP) is -0.803. The molecule has 3 N–H and O–H groups in total. The van der Waals surface area contributed by atoms with Gasteiger partial charge in [-0.2, -0.15) is 0 Å². The molecule has 18 heteroatoms. The second-order valence-electron chi connectivity index (χ2n) is 9.44. The molecule has 0 bridgehead atoms. The average Bonchev–Trinajstić information content (AvgIpc) is 3.69. The molecule has 5 unspecified atom stereocenters. The van der Waals surface area contributed by atoms with Gasteiger partial charge in [-0.25, -0.2) is 19.6 Å². The maximum absolute atomic E-state index is 12.5. The summed E-state index contributed by atoms with van der Waals surface area (Å²) < 4.78 is 20.0. The van der Waals surface area contributed by atoms with Gasteiger partial charge in [-0.05, 0) is 13.0 Å². The minimum atomic E-state index is -1.51. The number of fused-ring (bicyclic) bond motifs is 1. The van der Waals surface area contributed by atoms with Gasteiger partial charge in [-0.3, -0.25) is 23.8 Å². The number of aromatic nitrogens is 8. The van der Waals surface area contributed by atoms with Gasteiger partial charge in [0.25, 0.3) is 5.56 Å². The van der Waals surface area contributed by atoms with E-state index in [0.717, 1.165) is 16.8 Å². The normalized spacial score (nSPS) is 21.0. The molecule has 5 atom stereocenters. The molecule has 1 fully saturated rings. The summed E-state index contributed by atoms with van der Waals surface area (Å²) in [6.07, 6.45) is 0.0104. The summed E-state index contributed by atoms with van der Waals surface area (Å²) >= 11 is 6.08. The molecule has 42 heavy (non-hydrogen) atoms. The lowest BCUT2D eigenvalue weighted by atomic mass is 10.1. The van der Waals surface area contributed by atoms with Gasteiger partial charge < -0.3 is 29.0 Å². The van der Waals surface area contributed by atoms with Crippen LogP contribution in [0, 0.1) is 0 Å². The molecule has 0 amide bonds. The molecule has 0 aliphatic carbocycles. The monoisotopic (exact) mass is 604 g/mol. The number of H-pyrrole nitrogens is 1. The molecule has 5 rings (SSSR count). The molecular weight excluding hydrogens is 580 g/mol. The number of nitrogens with zero attached hydrogens (tertiary/aromatic N) is 7. The maximum atomic E-state index is 12.5. The number of halogens is 1. The number of aromatic amines is 1. The Labute approximate surface area is 240 Å². The number of aryl methyl sites for hydroxylation is 1. The highest BCUT2D eigenvalue weighted by Gasteiger charge is 2.44. The minimum absolute atomic E-state index is 0.0188. The number of ether oxygens (including phenoxy) is 3. The number of nitrogens with one attached hydrogen (secondary N) is 1. The van der Waals surface area contributed by atoms with Crippen molar-refractivity contribution in [1.82, 2.24) is 39.1 Å². The fourth-order valence-corrected chi connectivity index (χ4v) is 4.52. The van der Waals surface area contributed by atoms with Crippen molar-refractivity contribution >= 4 is 34.6 Å². The molecule has 5 heterocycles. The Bertz CT molecular complexity index is 1720. The predicted molar refractivity (Wildman–Crippen MR) is 140 cm³/mol. The van der Waals surface area contributed by atoms with Gasteiger partial charge in [0, 0.05) is 18.5 Å². The molecule has 0 spiro atoms. The van der Waals surface area contributed by atoms with E-state index in [0.29, 0.717) is 16.2 Å². The van der Waals surface area contributed by atoms with Gasteiger partial charge >= 0.3 is 17.6 Å². The molecular formula is C24H25ClN8O9. The Morgan fingerprint density at radius 3 is 2.76 bits per heavy atom. The lowest BCUT2D eigenvalue weighted by Crippen LogP contribution is -2.37. The molecule has 4 aromatic rings. The van der Waals surface area contributed by atoms with E-state index in [9.17, 15) is 29.4 Å². The van der Waals surface area contributed by atoms with Crippen molar-refractivity contribution in [3.05, 3.63) is 68.7 Å². The Morgan fingerprint density at radius 1 is 1.17 bits per heavy atom. The standard InChI is InChI=1S/C24H25ClN8O9/c1-12(32-6-2-13-20(25)26-11-27-21(13)32)9-41-23(38)14-8-31(30-29-14)5-4-17(35)40-10-15-18(36)19(37)22(42-15)33-7-3-16(34)28-24(33)39/h2-3,6-8,11-12,15,18-19,22,36-37H,4-5,9-10H2,1H3,(H,28,34,39). The molecule has 1 saturated heterocycles. The molecule has 4 aromatic heterocycles. The molecule has 0 saturated carbocycles. The minimum Gasteiger partial charge on any atom is -0.463 e. The summed E-state index contributed by atoms with van der Waals surface area (Å²) in [5, 5.41) is 29.1. The van der Waals surface area contributed by atoms with Crippen molar-refractivity contribution in [1.29, 1.82) is 0 Å². The number of hydrogen-bond donors (Lipinski definition) is 3. The Kier molecular flexibility index (Phi) is 8.44. The number of carbonyl (C=O) groups excluding carboxylic acids is 2. The second kappa shape index (κ2) is 12.2. The summed E-state index contributed by atoms with van der Waals surface area (Å²) in [4.78, 5) is 58.2. The molecule has 17 nitrogen and oxygen atoms in total. The van der Waals surface area contributed by atoms with Crippen molar-refractivity contribution < 1.29 is 34.0 Å². The van der Waals surface area contributed by atoms with Gasteiger partial charge in [0.1, 0.15) is 48.7 Å². The lowest BCUT2D eigenvalue weighted by Gasteiger charge is -2.16. The van der Waals surface area contributed by atoms with Crippen molar-refractivity contribution in [2.24, 2.45) is 0 Å². The van der Waals surface area contributed by atoms with Gasteiger partial charge in [-0.15, -0.1) is 5.10 Å². The Hall–Kier alpha value is -4.45. The third kappa shape index (κ3) is 6.08. The average molecular weight is 605 g/mol. The van der Waals surface area contributed by atoms with Crippen LogP contribution < -0.4 is 11.2 Å². The van der Waals surface area contributed by atoms with Crippen LogP contribution in [0.4, 0.5) is 0 Å². The highest BCUT2D eigenvalue weighted by atomic mass is 35.5. The van der Waals surface area contributed by atoms with Crippen molar-refractivity contribution in [3.63, 3.8) is 0 Å². The highest BCUT2D eigenvalue weighted by Crippen LogP contribution is 2.28. The van der Waals surface area contributed by atoms with E-state index in [-0.39, 0.29) is 31.3 Å². The lowest BCUT2D eigenvalue weighted by molar-refractivity contribution is -0.150. The zero-order valence-electron chi connectivity index (χ0n) is 21.9. The van der Waals surface area contributed by atoms with Crippen molar-refractivity contribution in [3.8, 4) is 0 Å². The molecule has 222 valence electrons. The second-order valence-corrected chi connectivity index (χ2v) is 9.79. The van der Waals surface area contributed by atoms with Crippen LogP contribution in [0.1, 0.15) is 36.1 Å². The fourth-order valence-electron chi connectivity index (χ4n) is 4.32. The number of hydrogen-bond acceptors (Lipinski definition) is 13. The van der Waals surface area contributed by atoms with Crippen molar-refractivity contribution in [2.45, 2.75) is 50.5 Å². The number of rotatable bonds is 10. The van der Waals surface area contributed by atoms with E-state index < -0.39 is 54.3 Å². The summed E-state index contributed by atoms with van der Waals surface area (Å²) in [6.45, 7) is 1.47. The van der Waals surface area contributed by atoms with Crippen LogP contribution in [0.15, 0.2) is 46.6 Å². The van der Waals surface area contributed by atoms with E-state index in [1.165, 1.54) is 17.2 Å². The molecule has 0 aromatic carbocycles. The third-order valence-corrected chi connectivity index (χ3v) is 6.86. The van der Waals surface area contributed by atoms with E-state index in [1.807, 2.05) is 11.9 Å². The van der Waals surface area contributed by atoms with Gasteiger partial charge in [0.05, 0.1) is 30.6 Å². The van der Waals surface area contributed by atoms with Crippen LogP contribution in [0.5, 0.6) is 0 Å². The smallest absolute Gasteiger partial charge is 0.360 e. The van der Waals surface area contributed by atoms with Gasteiger partial charge in [-0.1, -0.05) is 16.8 Å². The summed E-state index contributed by atoms with van der Waals surface area (Å²) in [5.41, 5.74) is -0.926. The van der Waals surface area contributed by atoms with E-state index >= 15 is 0 Å². The van der Waals surface area contributed by atoms with Crippen molar-refractivity contribution in [2.75, 3.05) is 13.2 Å². The van der Waals surface area contributed by atoms with E-state index in [2.05, 4.69) is 20.3 Å². The number of carbonyl (C=O) groups is 2. The van der Waals surface area contributed by atoms with E-state index in [1.54, 1.807) is 16.8 Å². The molecule has 1 aliphatic heterocycles. The molecule has 1 aliphatic rings. The number of esters is 2. The first-order valence-electron chi connectivity index (χ1n) is 12.7. The first-order valence-corrected chi connectivity index (χ1v) is 13.0. The summed E-state index contributed by atoms with van der Waals surface area (Å²) in [5.74, 6) is -1.39.